The van der Waals surface area contributed by atoms with Crippen molar-refractivity contribution in [1.82, 2.24) is 20.5 Å². The number of nitrogens with one attached hydrogen (secondary N) is 2. The maximum Gasteiger partial charge on any atom is 0.406 e. The van der Waals surface area contributed by atoms with Crippen molar-refractivity contribution in [3.05, 3.63) is 29.0 Å². The third-order valence-electron chi connectivity index (χ3n) is 3.05. The molecule has 0 radical (unpaired) electrons. The number of halogens is 4. The zero-order chi connectivity index (χ0) is 18.9. The van der Waals surface area contributed by atoms with E-state index in [-0.39, 0.29) is 6.54 Å². The topological polar surface area (TPSA) is 69.6 Å². The minimum Gasteiger partial charge on any atom is -0.357 e. The van der Waals surface area contributed by atoms with Crippen LogP contribution in [0.3, 0.4) is 0 Å². The second-order valence-electron chi connectivity index (χ2n) is 5.23. The molecule has 1 rings (SSSR count). The van der Waals surface area contributed by atoms with Crippen molar-refractivity contribution in [3.63, 3.8) is 0 Å². The second-order valence-corrected chi connectivity index (χ2v) is 5.61. The standard InChI is InChI=1S/C15H21ClF3N5O/c1-3-20-14(21-7-6-11-4-5-12(16)22-8-11)23-9-13(25)24(2)10-15(17,18)19/h4-5,8H,3,6-7,9-10H2,1-2H3,(H2,20,21,23). The Bertz CT molecular complexity index is 578. The van der Waals surface area contributed by atoms with Gasteiger partial charge in [-0.15, -0.1) is 0 Å². The van der Waals surface area contributed by atoms with E-state index in [9.17, 15) is 18.0 Å². The molecule has 1 aromatic heterocycles. The van der Waals surface area contributed by atoms with E-state index < -0.39 is 18.6 Å². The van der Waals surface area contributed by atoms with E-state index in [1.54, 1.807) is 12.3 Å². The lowest BCUT2D eigenvalue weighted by Crippen LogP contribution is -2.40. The Kier molecular flexibility index (Phi) is 8.47. The van der Waals surface area contributed by atoms with Crippen molar-refractivity contribution in [2.45, 2.75) is 19.5 Å². The summed E-state index contributed by atoms with van der Waals surface area (Å²) in [7, 11) is 1.10. The number of amides is 1. The van der Waals surface area contributed by atoms with Crippen molar-refractivity contribution in [2.24, 2.45) is 4.99 Å². The summed E-state index contributed by atoms with van der Waals surface area (Å²) in [6.45, 7) is 1.25. The maximum atomic E-state index is 12.3. The summed E-state index contributed by atoms with van der Waals surface area (Å²) >= 11 is 5.71. The monoisotopic (exact) mass is 379 g/mol. The van der Waals surface area contributed by atoms with E-state index in [2.05, 4.69) is 20.6 Å². The van der Waals surface area contributed by atoms with Crippen LogP contribution >= 0.6 is 11.6 Å². The number of likely N-dealkylation sites (N-methyl/N-ethyl adjacent to an activating group) is 1. The SMILES string of the molecule is CCNC(=NCC(=O)N(C)CC(F)(F)F)NCCc1ccc(Cl)nc1. The third kappa shape index (κ3) is 9.13. The number of rotatable bonds is 7. The Morgan fingerprint density at radius 2 is 2.08 bits per heavy atom. The summed E-state index contributed by atoms with van der Waals surface area (Å²) in [4.78, 5) is 20.3. The number of pyridine rings is 1. The van der Waals surface area contributed by atoms with Gasteiger partial charge in [0.15, 0.2) is 5.96 Å². The van der Waals surface area contributed by atoms with Crippen LogP contribution in [0.2, 0.25) is 5.15 Å². The maximum absolute atomic E-state index is 12.3. The highest BCUT2D eigenvalue weighted by Gasteiger charge is 2.30. The molecule has 0 aliphatic rings. The summed E-state index contributed by atoms with van der Waals surface area (Å²) < 4.78 is 36.8. The number of hydrogen-bond donors (Lipinski definition) is 2. The normalized spacial score (nSPS) is 12.0. The van der Waals surface area contributed by atoms with Crippen LogP contribution in [0.4, 0.5) is 13.2 Å². The lowest BCUT2D eigenvalue weighted by molar-refractivity contribution is -0.157. The number of carbonyl (C=O) groups excluding carboxylic acids is 1. The van der Waals surface area contributed by atoms with Gasteiger partial charge in [0, 0.05) is 26.3 Å². The highest BCUT2D eigenvalue weighted by atomic mass is 35.5. The predicted octanol–water partition coefficient (Wildman–Crippen LogP) is 1.85. The van der Waals surface area contributed by atoms with Crippen molar-refractivity contribution in [2.75, 3.05) is 33.2 Å². The van der Waals surface area contributed by atoms with Gasteiger partial charge in [-0.3, -0.25) is 4.79 Å². The largest absolute Gasteiger partial charge is 0.406 e. The molecule has 10 heteroatoms. The molecule has 0 saturated heterocycles. The molecule has 1 amide bonds. The summed E-state index contributed by atoms with van der Waals surface area (Å²) in [5.74, 6) is -0.352. The zero-order valence-electron chi connectivity index (χ0n) is 14.0. The van der Waals surface area contributed by atoms with E-state index in [4.69, 9.17) is 11.6 Å². The number of hydrogen-bond acceptors (Lipinski definition) is 3. The Morgan fingerprint density at radius 1 is 1.36 bits per heavy atom. The van der Waals surface area contributed by atoms with Crippen LogP contribution < -0.4 is 10.6 Å². The van der Waals surface area contributed by atoms with Gasteiger partial charge in [-0.25, -0.2) is 9.98 Å². The number of aliphatic imine (C=N–C) groups is 1. The smallest absolute Gasteiger partial charge is 0.357 e. The van der Waals surface area contributed by atoms with Gasteiger partial charge in [0.25, 0.3) is 0 Å². The first kappa shape index (κ1) is 21.0. The van der Waals surface area contributed by atoms with E-state index in [0.717, 1.165) is 12.6 Å². The van der Waals surface area contributed by atoms with Crippen molar-refractivity contribution in [3.8, 4) is 0 Å². The Morgan fingerprint density at radius 3 is 2.64 bits per heavy atom. The Hall–Kier alpha value is -2.03. The summed E-state index contributed by atoms with van der Waals surface area (Å²) in [5, 5.41) is 6.35. The molecule has 0 unspecified atom stereocenters. The fourth-order valence-corrected chi connectivity index (χ4v) is 1.96. The van der Waals surface area contributed by atoms with Gasteiger partial charge in [-0.2, -0.15) is 13.2 Å². The fraction of sp³-hybridized carbons (Fsp3) is 0.533. The lowest BCUT2D eigenvalue weighted by atomic mass is 10.2. The van der Waals surface area contributed by atoms with Crippen LogP contribution in [0.1, 0.15) is 12.5 Å². The molecule has 140 valence electrons. The van der Waals surface area contributed by atoms with Crippen LogP contribution in [0.25, 0.3) is 0 Å². The molecular formula is C15H21ClF3N5O. The number of alkyl halides is 3. The molecule has 0 spiro atoms. The number of carbonyl (C=O) groups is 1. The zero-order valence-corrected chi connectivity index (χ0v) is 14.8. The van der Waals surface area contributed by atoms with Gasteiger partial charge in [-0.1, -0.05) is 17.7 Å². The minimum absolute atomic E-state index is 0.359. The van der Waals surface area contributed by atoms with Gasteiger partial charge in [-0.05, 0) is 25.0 Å². The van der Waals surface area contributed by atoms with Crippen LogP contribution in [-0.4, -0.2) is 61.2 Å². The second kappa shape index (κ2) is 10.1. The lowest BCUT2D eigenvalue weighted by Gasteiger charge is -2.18. The van der Waals surface area contributed by atoms with Gasteiger partial charge in [0.05, 0.1) is 0 Å². The first-order chi connectivity index (χ1) is 11.7. The summed E-state index contributed by atoms with van der Waals surface area (Å²) in [6.07, 6.45) is -2.12. The van der Waals surface area contributed by atoms with Crippen molar-refractivity contribution < 1.29 is 18.0 Å². The molecule has 25 heavy (non-hydrogen) atoms. The molecule has 6 nitrogen and oxygen atoms in total. The van der Waals surface area contributed by atoms with Crippen molar-refractivity contribution in [1.29, 1.82) is 0 Å². The minimum atomic E-state index is -4.43. The van der Waals surface area contributed by atoms with E-state index >= 15 is 0 Å². The number of guanidine groups is 1. The molecule has 0 fully saturated rings. The highest BCUT2D eigenvalue weighted by Crippen LogP contribution is 2.15. The molecule has 0 bridgehead atoms. The number of aromatic nitrogens is 1. The van der Waals surface area contributed by atoms with E-state index in [0.29, 0.717) is 35.5 Å². The molecule has 0 saturated carbocycles. The number of nitrogens with zero attached hydrogens (tertiary/aromatic N) is 3. The van der Waals surface area contributed by atoms with Crippen LogP contribution in [0, 0.1) is 0 Å². The average molecular weight is 380 g/mol. The predicted molar refractivity (Wildman–Crippen MR) is 90.6 cm³/mol. The molecule has 0 aliphatic heterocycles. The summed E-state index contributed by atoms with van der Waals surface area (Å²) in [5.41, 5.74) is 0.966. The van der Waals surface area contributed by atoms with Gasteiger partial charge in [0.1, 0.15) is 18.2 Å². The van der Waals surface area contributed by atoms with E-state index in [1.807, 2.05) is 13.0 Å². The van der Waals surface area contributed by atoms with Crippen LogP contribution in [-0.2, 0) is 11.2 Å². The fourth-order valence-electron chi connectivity index (χ4n) is 1.85. The molecule has 0 atom stereocenters. The van der Waals surface area contributed by atoms with Crippen LogP contribution in [0.15, 0.2) is 23.3 Å². The molecule has 2 N–H and O–H groups in total. The molecule has 0 aliphatic carbocycles. The molecule has 1 heterocycles. The quantitative estimate of drug-likeness (QED) is 0.431. The Balaban J connectivity index is 2.50. The first-order valence-electron chi connectivity index (χ1n) is 7.64. The van der Waals surface area contributed by atoms with E-state index in [1.165, 1.54) is 0 Å². The van der Waals surface area contributed by atoms with Gasteiger partial charge in [0.2, 0.25) is 5.91 Å². The molecule has 0 aromatic carbocycles. The Labute approximate surface area is 149 Å². The van der Waals surface area contributed by atoms with Crippen molar-refractivity contribution >= 4 is 23.5 Å². The highest BCUT2D eigenvalue weighted by molar-refractivity contribution is 6.29. The average Bonchev–Trinajstić information content (AvgIpc) is 2.52. The summed E-state index contributed by atoms with van der Waals surface area (Å²) in [6, 6.07) is 3.53. The van der Waals surface area contributed by atoms with Gasteiger partial charge >= 0.3 is 6.18 Å². The van der Waals surface area contributed by atoms with Gasteiger partial charge < -0.3 is 15.5 Å². The molecular weight excluding hydrogens is 359 g/mol. The molecule has 1 aromatic rings. The third-order valence-corrected chi connectivity index (χ3v) is 3.28. The first-order valence-corrected chi connectivity index (χ1v) is 8.02. The van der Waals surface area contributed by atoms with Crippen LogP contribution in [0.5, 0.6) is 0 Å².